The summed E-state index contributed by atoms with van der Waals surface area (Å²) in [6.45, 7) is 5.28. The van der Waals surface area contributed by atoms with Gasteiger partial charge in [0.15, 0.2) is 0 Å². The van der Waals surface area contributed by atoms with Gasteiger partial charge in [0, 0.05) is 12.8 Å². The van der Waals surface area contributed by atoms with Crippen LogP contribution in [0.1, 0.15) is 33.0 Å². The van der Waals surface area contributed by atoms with E-state index in [9.17, 15) is 9.59 Å². The fraction of sp³-hybridized carbons (Fsp3) is 0.500. The highest BCUT2D eigenvalue weighted by molar-refractivity contribution is 5.65. The van der Waals surface area contributed by atoms with Crippen molar-refractivity contribution < 1.29 is 18.7 Å². The lowest BCUT2D eigenvalue weighted by molar-refractivity contribution is -0.107. The fourth-order valence-electron chi connectivity index (χ4n) is 0.958. The average molecular weight is 241 g/mol. The summed E-state index contributed by atoms with van der Waals surface area (Å²) < 4.78 is 9.55. The lowest BCUT2D eigenvalue weighted by atomic mass is 10.2. The van der Waals surface area contributed by atoms with Crippen molar-refractivity contribution in [2.75, 3.05) is 0 Å². The predicted molar refractivity (Wildman–Crippen MR) is 63.5 cm³/mol. The van der Waals surface area contributed by atoms with Crippen LogP contribution in [0.2, 0.25) is 0 Å². The van der Waals surface area contributed by atoms with E-state index in [1.165, 1.54) is 0 Å². The number of aryl methyl sites for hydroxylation is 1. The molecule has 0 spiro atoms. The zero-order chi connectivity index (χ0) is 13.3. The standard InChI is InChI=1S/C7H8O2.C5H11NO2/c8-5-1-3-7-4-2-6-9-7;1-5(2,3)8-4(6)7/h2,4-6H,1,3H2;1-3H3,(H2,6,7). The Kier molecular flexibility index (Phi) is 6.70. The maximum Gasteiger partial charge on any atom is 0.405 e. The molecule has 5 heteroatoms. The number of carbonyl (C=O) groups is 2. The molecule has 0 saturated heterocycles. The van der Waals surface area contributed by atoms with Gasteiger partial charge in [0.05, 0.1) is 6.26 Å². The highest BCUT2D eigenvalue weighted by atomic mass is 16.6. The van der Waals surface area contributed by atoms with Crippen LogP contribution in [0.5, 0.6) is 0 Å². The summed E-state index contributed by atoms with van der Waals surface area (Å²) >= 11 is 0. The second kappa shape index (κ2) is 7.49. The average Bonchev–Trinajstić information content (AvgIpc) is 2.63. The topological polar surface area (TPSA) is 82.5 Å². The van der Waals surface area contributed by atoms with E-state index in [-0.39, 0.29) is 0 Å². The third kappa shape index (κ3) is 10.5. The van der Waals surface area contributed by atoms with Crippen molar-refractivity contribution in [1.29, 1.82) is 0 Å². The molecule has 0 aliphatic heterocycles. The highest BCUT2D eigenvalue weighted by Crippen LogP contribution is 2.04. The third-order valence-electron chi connectivity index (χ3n) is 1.50. The van der Waals surface area contributed by atoms with Crippen LogP contribution in [-0.2, 0) is 16.0 Å². The minimum Gasteiger partial charge on any atom is -0.469 e. The van der Waals surface area contributed by atoms with Gasteiger partial charge in [-0.1, -0.05) is 0 Å². The lowest BCUT2D eigenvalue weighted by Gasteiger charge is -2.16. The number of rotatable bonds is 3. The van der Waals surface area contributed by atoms with Gasteiger partial charge in [-0.25, -0.2) is 4.79 Å². The number of furan rings is 1. The quantitative estimate of drug-likeness (QED) is 0.823. The number of primary amides is 1. The van der Waals surface area contributed by atoms with E-state index in [0.717, 1.165) is 18.5 Å². The Labute approximate surface area is 101 Å². The van der Waals surface area contributed by atoms with Crippen molar-refractivity contribution in [3.63, 3.8) is 0 Å². The van der Waals surface area contributed by atoms with Gasteiger partial charge in [-0.15, -0.1) is 0 Å². The molecule has 0 radical (unpaired) electrons. The summed E-state index contributed by atoms with van der Waals surface area (Å²) in [7, 11) is 0. The molecule has 0 unspecified atom stereocenters. The Bertz CT molecular complexity index is 325. The molecule has 0 fully saturated rings. The van der Waals surface area contributed by atoms with Gasteiger partial charge in [-0.05, 0) is 32.9 Å². The second-order valence-corrected chi connectivity index (χ2v) is 4.32. The number of hydrogen-bond acceptors (Lipinski definition) is 4. The van der Waals surface area contributed by atoms with E-state index in [1.54, 1.807) is 27.0 Å². The van der Waals surface area contributed by atoms with Gasteiger partial charge in [-0.2, -0.15) is 0 Å². The molecule has 0 bridgehead atoms. The van der Waals surface area contributed by atoms with Gasteiger partial charge in [0.25, 0.3) is 0 Å². The third-order valence-corrected chi connectivity index (χ3v) is 1.50. The monoisotopic (exact) mass is 241 g/mol. The minimum absolute atomic E-state index is 0.453. The lowest BCUT2D eigenvalue weighted by Crippen LogP contribution is -2.27. The normalized spacial score (nSPS) is 10.1. The summed E-state index contributed by atoms with van der Waals surface area (Å²) in [5, 5.41) is 0. The summed E-state index contributed by atoms with van der Waals surface area (Å²) in [6.07, 6.45) is 3.05. The van der Waals surface area contributed by atoms with E-state index in [0.29, 0.717) is 6.42 Å². The van der Waals surface area contributed by atoms with Crippen molar-refractivity contribution in [1.82, 2.24) is 0 Å². The SMILES string of the molecule is CC(C)(C)OC(N)=O.O=CCCc1ccco1. The van der Waals surface area contributed by atoms with Crippen molar-refractivity contribution in [3.05, 3.63) is 24.2 Å². The first kappa shape index (κ1) is 15.2. The molecule has 1 rings (SSSR count). The van der Waals surface area contributed by atoms with Gasteiger partial charge >= 0.3 is 6.09 Å². The molecule has 1 aromatic rings. The van der Waals surface area contributed by atoms with Crippen molar-refractivity contribution in [3.8, 4) is 0 Å². The number of nitrogens with two attached hydrogens (primary N) is 1. The summed E-state index contributed by atoms with van der Waals surface area (Å²) in [5.74, 6) is 0.877. The smallest absolute Gasteiger partial charge is 0.405 e. The Morgan fingerprint density at radius 1 is 1.53 bits per heavy atom. The molecule has 2 N–H and O–H groups in total. The number of ether oxygens (including phenoxy) is 1. The van der Waals surface area contributed by atoms with E-state index < -0.39 is 11.7 Å². The second-order valence-electron chi connectivity index (χ2n) is 4.32. The van der Waals surface area contributed by atoms with Crippen molar-refractivity contribution in [2.24, 2.45) is 5.73 Å². The van der Waals surface area contributed by atoms with Crippen LogP contribution in [0.3, 0.4) is 0 Å². The van der Waals surface area contributed by atoms with Crippen LogP contribution in [0.4, 0.5) is 4.79 Å². The molecule has 0 atom stereocenters. The highest BCUT2D eigenvalue weighted by Gasteiger charge is 2.12. The Morgan fingerprint density at radius 3 is 2.47 bits per heavy atom. The summed E-state index contributed by atoms with van der Waals surface area (Å²) in [6, 6.07) is 3.68. The molecule has 1 heterocycles. The van der Waals surface area contributed by atoms with E-state index in [2.05, 4.69) is 4.74 Å². The Hall–Kier alpha value is -1.78. The largest absolute Gasteiger partial charge is 0.469 e. The number of hydrogen-bond donors (Lipinski definition) is 1. The molecule has 0 saturated carbocycles. The van der Waals surface area contributed by atoms with E-state index in [4.69, 9.17) is 10.2 Å². The van der Waals surface area contributed by atoms with E-state index in [1.807, 2.05) is 12.1 Å². The van der Waals surface area contributed by atoms with Crippen molar-refractivity contribution >= 4 is 12.4 Å². The first-order valence-electron chi connectivity index (χ1n) is 5.29. The first-order valence-corrected chi connectivity index (χ1v) is 5.29. The summed E-state index contributed by atoms with van der Waals surface area (Å²) in [4.78, 5) is 19.9. The van der Waals surface area contributed by atoms with Crippen LogP contribution in [-0.4, -0.2) is 18.0 Å². The number of aldehydes is 1. The minimum atomic E-state index is -0.725. The Morgan fingerprint density at radius 2 is 2.18 bits per heavy atom. The van der Waals surface area contributed by atoms with Gasteiger partial charge in [0.1, 0.15) is 17.6 Å². The molecule has 0 aliphatic carbocycles. The van der Waals surface area contributed by atoms with Crippen LogP contribution in [0, 0.1) is 0 Å². The van der Waals surface area contributed by atoms with E-state index >= 15 is 0 Å². The maximum absolute atomic E-state index is 10.0. The molecular weight excluding hydrogens is 222 g/mol. The molecule has 17 heavy (non-hydrogen) atoms. The molecule has 5 nitrogen and oxygen atoms in total. The predicted octanol–water partition coefficient (Wildman–Crippen LogP) is 2.29. The molecule has 1 amide bonds. The molecule has 0 aromatic carbocycles. The van der Waals surface area contributed by atoms with Crippen LogP contribution in [0.15, 0.2) is 22.8 Å². The van der Waals surface area contributed by atoms with Crippen LogP contribution >= 0.6 is 0 Å². The summed E-state index contributed by atoms with van der Waals surface area (Å²) in [5.41, 5.74) is 4.26. The number of carbonyl (C=O) groups excluding carboxylic acids is 2. The van der Waals surface area contributed by atoms with Crippen molar-refractivity contribution in [2.45, 2.75) is 39.2 Å². The molecule has 1 aromatic heterocycles. The van der Waals surface area contributed by atoms with Gasteiger partial charge in [0.2, 0.25) is 0 Å². The van der Waals surface area contributed by atoms with Gasteiger partial charge in [-0.3, -0.25) is 0 Å². The Balaban J connectivity index is 0.000000304. The van der Waals surface area contributed by atoms with Gasteiger partial charge < -0.3 is 19.7 Å². The maximum atomic E-state index is 10.0. The number of amides is 1. The zero-order valence-corrected chi connectivity index (χ0v) is 10.4. The molecule has 0 aliphatic rings. The van der Waals surface area contributed by atoms with Crippen LogP contribution in [0.25, 0.3) is 0 Å². The zero-order valence-electron chi connectivity index (χ0n) is 10.4. The van der Waals surface area contributed by atoms with Crippen LogP contribution < -0.4 is 5.73 Å². The first-order chi connectivity index (χ1) is 7.85. The molecular formula is C12H19NO4. The molecule has 96 valence electrons. The fourth-order valence-corrected chi connectivity index (χ4v) is 0.958.